The fourth-order valence-corrected chi connectivity index (χ4v) is 1.05. The van der Waals surface area contributed by atoms with Crippen LogP contribution in [0, 0.1) is 0 Å². The maximum Gasteiger partial charge on any atom is 0.252 e. The molecule has 0 fully saturated rings. The lowest BCUT2D eigenvalue weighted by Gasteiger charge is -2.08. The summed E-state index contributed by atoms with van der Waals surface area (Å²) in [6, 6.07) is 6.98. The molecule has 4 heteroatoms. The van der Waals surface area contributed by atoms with Gasteiger partial charge in [-0.1, -0.05) is 0 Å². The second-order valence-electron chi connectivity index (χ2n) is 3.12. The summed E-state index contributed by atoms with van der Waals surface area (Å²) in [6.07, 6.45) is -1.00. The number of nitrogens with one attached hydrogen (secondary N) is 1. The molecule has 1 aromatic rings. The molecular formula is C11H15NO3. The molecule has 0 spiro atoms. The minimum atomic E-state index is -1.00. The first-order valence-corrected chi connectivity index (χ1v) is 4.85. The zero-order chi connectivity index (χ0) is 11.3. The van der Waals surface area contributed by atoms with Crippen LogP contribution in [0.5, 0.6) is 5.75 Å². The molecule has 0 aromatic heterocycles. The quantitative estimate of drug-likeness (QED) is 0.788. The van der Waals surface area contributed by atoms with E-state index in [4.69, 9.17) is 9.84 Å². The first kappa shape index (κ1) is 11.5. The van der Waals surface area contributed by atoms with Crippen LogP contribution in [-0.4, -0.2) is 23.7 Å². The van der Waals surface area contributed by atoms with Gasteiger partial charge in [0.25, 0.3) is 5.91 Å². The summed E-state index contributed by atoms with van der Waals surface area (Å²) < 4.78 is 5.25. The molecule has 0 radical (unpaired) electrons. The van der Waals surface area contributed by atoms with Gasteiger partial charge in [0, 0.05) is 5.69 Å². The Labute approximate surface area is 88.9 Å². The van der Waals surface area contributed by atoms with Gasteiger partial charge in [0.05, 0.1) is 6.61 Å². The third kappa shape index (κ3) is 3.59. The van der Waals surface area contributed by atoms with Crippen LogP contribution in [0.3, 0.4) is 0 Å². The van der Waals surface area contributed by atoms with Crippen LogP contribution in [-0.2, 0) is 4.79 Å². The van der Waals surface area contributed by atoms with Gasteiger partial charge in [-0.05, 0) is 38.1 Å². The molecule has 0 saturated heterocycles. The van der Waals surface area contributed by atoms with E-state index in [1.807, 2.05) is 6.92 Å². The number of aliphatic hydroxyl groups excluding tert-OH is 1. The Kier molecular flexibility index (Phi) is 4.12. The lowest BCUT2D eigenvalue weighted by atomic mass is 10.3. The Hall–Kier alpha value is -1.55. The highest BCUT2D eigenvalue weighted by molar-refractivity contribution is 5.93. The van der Waals surface area contributed by atoms with Crippen LogP contribution in [0.4, 0.5) is 5.69 Å². The number of carbonyl (C=O) groups excluding carboxylic acids is 1. The van der Waals surface area contributed by atoms with E-state index in [0.717, 1.165) is 5.75 Å². The largest absolute Gasteiger partial charge is 0.494 e. The first-order valence-electron chi connectivity index (χ1n) is 4.85. The van der Waals surface area contributed by atoms with E-state index in [2.05, 4.69) is 5.32 Å². The Bertz CT molecular complexity index is 319. The number of benzene rings is 1. The van der Waals surface area contributed by atoms with Gasteiger partial charge in [-0.25, -0.2) is 0 Å². The predicted octanol–water partition coefficient (Wildman–Crippen LogP) is 1.40. The third-order valence-corrected chi connectivity index (χ3v) is 1.81. The molecule has 1 aromatic carbocycles. The van der Waals surface area contributed by atoms with Gasteiger partial charge in [0.15, 0.2) is 0 Å². The molecule has 0 aliphatic rings. The van der Waals surface area contributed by atoms with Gasteiger partial charge < -0.3 is 15.2 Å². The Morgan fingerprint density at radius 2 is 2.07 bits per heavy atom. The molecule has 1 amide bonds. The molecule has 0 saturated carbocycles. The van der Waals surface area contributed by atoms with Crippen molar-refractivity contribution in [1.29, 1.82) is 0 Å². The molecule has 15 heavy (non-hydrogen) atoms. The van der Waals surface area contributed by atoms with Crippen molar-refractivity contribution in [1.82, 2.24) is 0 Å². The minimum Gasteiger partial charge on any atom is -0.494 e. The number of hydrogen-bond donors (Lipinski definition) is 2. The summed E-state index contributed by atoms with van der Waals surface area (Å²) >= 11 is 0. The van der Waals surface area contributed by atoms with Gasteiger partial charge in [-0.2, -0.15) is 0 Å². The van der Waals surface area contributed by atoms with Crippen molar-refractivity contribution in [3.8, 4) is 5.75 Å². The summed E-state index contributed by atoms with van der Waals surface area (Å²) in [4.78, 5) is 11.1. The normalized spacial score (nSPS) is 11.9. The molecule has 1 atom stereocenters. The smallest absolute Gasteiger partial charge is 0.252 e. The van der Waals surface area contributed by atoms with E-state index < -0.39 is 12.0 Å². The van der Waals surface area contributed by atoms with Crippen molar-refractivity contribution >= 4 is 11.6 Å². The Morgan fingerprint density at radius 3 is 2.53 bits per heavy atom. The molecule has 0 bridgehead atoms. The lowest BCUT2D eigenvalue weighted by Crippen LogP contribution is -2.24. The molecule has 0 unspecified atom stereocenters. The Morgan fingerprint density at radius 1 is 1.47 bits per heavy atom. The van der Waals surface area contributed by atoms with Crippen LogP contribution in [0.1, 0.15) is 13.8 Å². The van der Waals surface area contributed by atoms with E-state index in [-0.39, 0.29) is 0 Å². The molecule has 4 nitrogen and oxygen atoms in total. The molecular weight excluding hydrogens is 194 g/mol. The second kappa shape index (κ2) is 5.36. The second-order valence-corrected chi connectivity index (χ2v) is 3.12. The number of hydrogen-bond acceptors (Lipinski definition) is 3. The molecule has 0 heterocycles. The fraction of sp³-hybridized carbons (Fsp3) is 0.364. The summed E-state index contributed by atoms with van der Waals surface area (Å²) in [7, 11) is 0. The van der Waals surface area contributed by atoms with Crippen LogP contribution < -0.4 is 10.1 Å². The topological polar surface area (TPSA) is 58.6 Å². The van der Waals surface area contributed by atoms with Crippen LogP contribution in [0.2, 0.25) is 0 Å². The zero-order valence-corrected chi connectivity index (χ0v) is 8.86. The number of ether oxygens (including phenoxy) is 1. The SMILES string of the molecule is CCOc1ccc(NC(=O)[C@H](C)O)cc1. The minimum absolute atomic E-state index is 0.417. The van der Waals surface area contributed by atoms with E-state index >= 15 is 0 Å². The predicted molar refractivity (Wildman–Crippen MR) is 57.9 cm³/mol. The number of carbonyl (C=O) groups is 1. The van der Waals surface area contributed by atoms with Gasteiger partial charge in [-0.3, -0.25) is 4.79 Å². The third-order valence-electron chi connectivity index (χ3n) is 1.81. The van der Waals surface area contributed by atoms with E-state index in [9.17, 15) is 4.79 Å². The molecule has 0 aliphatic heterocycles. The van der Waals surface area contributed by atoms with E-state index in [0.29, 0.717) is 12.3 Å². The number of amides is 1. The van der Waals surface area contributed by atoms with Crippen molar-refractivity contribution < 1.29 is 14.6 Å². The van der Waals surface area contributed by atoms with Gasteiger partial charge >= 0.3 is 0 Å². The van der Waals surface area contributed by atoms with E-state index in [1.165, 1.54) is 6.92 Å². The molecule has 1 rings (SSSR count). The average Bonchev–Trinajstić information content (AvgIpc) is 2.21. The van der Waals surface area contributed by atoms with Gasteiger partial charge in [-0.15, -0.1) is 0 Å². The highest BCUT2D eigenvalue weighted by atomic mass is 16.5. The number of anilines is 1. The van der Waals surface area contributed by atoms with Crippen molar-refractivity contribution in [2.45, 2.75) is 20.0 Å². The van der Waals surface area contributed by atoms with E-state index in [1.54, 1.807) is 24.3 Å². The van der Waals surface area contributed by atoms with Gasteiger partial charge in [0.2, 0.25) is 0 Å². The summed E-state index contributed by atoms with van der Waals surface area (Å²) in [5, 5.41) is 11.6. The Balaban J connectivity index is 2.60. The summed E-state index contributed by atoms with van der Waals surface area (Å²) in [5.74, 6) is 0.340. The number of rotatable bonds is 4. The monoisotopic (exact) mass is 209 g/mol. The standard InChI is InChI=1S/C11H15NO3/c1-3-15-10-6-4-9(5-7-10)12-11(14)8(2)13/h4-8,13H,3H2,1-2H3,(H,12,14)/t8-/m0/s1. The summed E-state index contributed by atoms with van der Waals surface area (Å²) in [6.45, 7) is 3.94. The first-order chi connectivity index (χ1) is 7.13. The van der Waals surface area contributed by atoms with Crippen molar-refractivity contribution in [3.05, 3.63) is 24.3 Å². The van der Waals surface area contributed by atoms with Crippen molar-refractivity contribution in [2.24, 2.45) is 0 Å². The summed E-state index contributed by atoms with van der Waals surface area (Å²) in [5.41, 5.74) is 0.643. The molecule has 0 aliphatic carbocycles. The molecule has 2 N–H and O–H groups in total. The molecule has 82 valence electrons. The maximum atomic E-state index is 11.1. The van der Waals surface area contributed by atoms with Crippen molar-refractivity contribution in [2.75, 3.05) is 11.9 Å². The highest BCUT2D eigenvalue weighted by Gasteiger charge is 2.08. The lowest BCUT2D eigenvalue weighted by molar-refractivity contribution is -0.123. The average molecular weight is 209 g/mol. The number of aliphatic hydroxyl groups is 1. The van der Waals surface area contributed by atoms with Crippen molar-refractivity contribution in [3.63, 3.8) is 0 Å². The maximum absolute atomic E-state index is 11.1. The zero-order valence-electron chi connectivity index (χ0n) is 8.86. The highest BCUT2D eigenvalue weighted by Crippen LogP contribution is 2.15. The van der Waals surface area contributed by atoms with Crippen LogP contribution in [0.15, 0.2) is 24.3 Å². The van der Waals surface area contributed by atoms with Crippen LogP contribution in [0.25, 0.3) is 0 Å². The van der Waals surface area contributed by atoms with Crippen LogP contribution >= 0.6 is 0 Å². The fourth-order valence-electron chi connectivity index (χ4n) is 1.05. The van der Waals surface area contributed by atoms with Gasteiger partial charge in [0.1, 0.15) is 11.9 Å².